The molecule has 1 atom stereocenters. The minimum atomic E-state index is -0.463. The molecule has 1 aliphatic rings. The molecule has 0 fully saturated rings. The van der Waals surface area contributed by atoms with Gasteiger partial charge in [-0.15, -0.1) is 0 Å². The summed E-state index contributed by atoms with van der Waals surface area (Å²) in [5.74, 6) is 1.72. The quantitative estimate of drug-likeness (QED) is 0.468. The van der Waals surface area contributed by atoms with Crippen LogP contribution in [0, 0.1) is 0 Å². The normalized spacial score (nSPS) is 13.2. The minimum Gasteiger partial charge on any atom is -0.497 e. The molecule has 0 aliphatic carbocycles. The summed E-state index contributed by atoms with van der Waals surface area (Å²) in [6, 6.07) is 20.2. The maximum atomic E-state index is 13.3. The third kappa shape index (κ3) is 5.40. The van der Waals surface area contributed by atoms with Gasteiger partial charge in [0.05, 0.1) is 33.3 Å². The molecule has 182 valence electrons. The number of rotatable bonds is 10. The summed E-state index contributed by atoms with van der Waals surface area (Å²) in [6.07, 6.45) is 0.118. The van der Waals surface area contributed by atoms with Gasteiger partial charge in [-0.2, -0.15) is 0 Å². The molecule has 1 N–H and O–H groups in total. The summed E-state index contributed by atoms with van der Waals surface area (Å²) in [4.78, 5) is 28.1. The van der Waals surface area contributed by atoms with Gasteiger partial charge in [-0.05, 0) is 53.9 Å². The fourth-order valence-electron chi connectivity index (χ4n) is 4.29. The molecule has 35 heavy (non-hydrogen) atoms. The fourth-order valence-corrected chi connectivity index (χ4v) is 4.29. The van der Waals surface area contributed by atoms with Gasteiger partial charge >= 0.3 is 0 Å². The summed E-state index contributed by atoms with van der Waals surface area (Å²) in [5, 5.41) is 2.98. The molecule has 3 aromatic rings. The molecule has 4 rings (SSSR count). The van der Waals surface area contributed by atoms with Crippen LogP contribution in [0.5, 0.6) is 17.2 Å². The topological polar surface area (TPSA) is 77.1 Å². The lowest BCUT2D eigenvalue weighted by Gasteiger charge is -2.28. The lowest BCUT2D eigenvalue weighted by Crippen LogP contribution is -2.34. The average Bonchev–Trinajstić information content (AvgIpc) is 3.23. The highest BCUT2D eigenvalue weighted by molar-refractivity contribution is 5.98. The first-order valence-electron chi connectivity index (χ1n) is 11.6. The Kier molecular flexibility index (Phi) is 7.55. The number of benzene rings is 3. The van der Waals surface area contributed by atoms with Crippen LogP contribution >= 0.6 is 0 Å². The van der Waals surface area contributed by atoms with Crippen molar-refractivity contribution in [2.24, 2.45) is 0 Å². The second-order valence-corrected chi connectivity index (χ2v) is 8.28. The number of carbonyl (C=O) groups excluding carboxylic acids is 2. The predicted octanol–water partition coefficient (Wildman–Crippen LogP) is 4.51. The fraction of sp³-hybridized carbons (Fsp3) is 0.286. The Balaban J connectivity index is 1.57. The van der Waals surface area contributed by atoms with Gasteiger partial charge < -0.3 is 24.4 Å². The monoisotopic (exact) mass is 474 g/mol. The van der Waals surface area contributed by atoms with Gasteiger partial charge in [0.2, 0.25) is 5.91 Å². The van der Waals surface area contributed by atoms with E-state index in [1.807, 2.05) is 73.7 Å². The Hall–Kier alpha value is -4.00. The van der Waals surface area contributed by atoms with E-state index < -0.39 is 6.04 Å². The van der Waals surface area contributed by atoms with Crippen LogP contribution in [0.2, 0.25) is 0 Å². The Morgan fingerprint density at radius 1 is 1.00 bits per heavy atom. The molecule has 7 heteroatoms. The maximum absolute atomic E-state index is 13.3. The van der Waals surface area contributed by atoms with Crippen molar-refractivity contribution in [2.75, 3.05) is 20.8 Å². The summed E-state index contributed by atoms with van der Waals surface area (Å²) in [6.45, 7) is 3.24. The van der Waals surface area contributed by atoms with E-state index in [1.165, 1.54) is 0 Å². The first-order chi connectivity index (χ1) is 17.0. The van der Waals surface area contributed by atoms with E-state index in [2.05, 4.69) is 5.32 Å². The number of ether oxygens (including phenoxy) is 3. The van der Waals surface area contributed by atoms with E-state index in [4.69, 9.17) is 14.2 Å². The summed E-state index contributed by atoms with van der Waals surface area (Å²) in [7, 11) is 3.19. The Labute approximate surface area is 205 Å². The van der Waals surface area contributed by atoms with E-state index in [1.54, 1.807) is 19.1 Å². The van der Waals surface area contributed by atoms with Crippen LogP contribution in [0.4, 0.5) is 0 Å². The van der Waals surface area contributed by atoms with E-state index >= 15 is 0 Å². The molecule has 0 bridgehead atoms. The van der Waals surface area contributed by atoms with Crippen LogP contribution in [0.3, 0.4) is 0 Å². The summed E-state index contributed by atoms with van der Waals surface area (Å²) >= 11 is 0. The minimum absolute atomic E-state index is 0.0820. The first kappa shape index (κ1) is 24.1. The summed E-state index contributed by atoms with van der Waals surface area (Å²) < 4.78 is 16.4. The van der Waals surface area contributed by atoms with Gasteiger partial charge in [-0.25, -0.2) is 0 Å². The largest absolute Gasteiger partial charge is 0.497 e. The number of fused-ring (bicyclic) bond motifs is 1. The average molecular weight is 475 g/mol. The van der Waals surface area contributed by atoms with Crippen molar-refractivity contribution in [1.82, 2.24) is 10.2 Å². The molecule has 2 amide bonds. The molecular weight excluding hydrogens is 444 g/mol. The third-order valence-electron chi connectivity index (χ3n) is 6.13. The van der Waals surface area contributed by atoms with Gasteiger partial charge in [0.25, 0.3) is 5.91 Å². The molecule has 1 aliphatic heterocycles. The molecule has 0 saturated carbocycles. The zero-order chi connectivity index (χ0) is 24.8. The standard InChI is InChI=1S/C28H30N2O5/c1-4-35-25-14-11-20(15-26(25)34-3)24(30-18-21-7-5-6-8-23(21)28(30)32)16-27(31)29-17-19-9-12-22(33-2)13-10-19/h5-15,24H,4,16-18H2,1-3H3,(H,29,31)/t24-/m1/s1. The zero-order valence-electron chi connectivity index (χ0n) is 20.2. The third-order valence-corrected chi connectivity index (χ3v) is 6.13. The van der Waals surface area contributed by atoms with Crippen LogP contribution in [0.25, 0.3) is 0 Å². The number of hydrogen-bond acceptors (Lipinski definition) is 5. The van der Waals surface area contributed by atoms with Gasteiger partial charge in [-0.1, -0.05) is 36.4 Å². The number of carbonyl (C=O) groups is 2. The predicted molar refractivity (Wildman–Crippen MR) is 133 cm³/mol. The van der Waals surface area contributed by atoms with Crippen LogP contribution in [0.15, 0.2) is 66.7 Å². The lowest BCUT2D eigenvalue weighted by molar-refractivity contribution is -0.122. The van der Waals surface area contributed by atoms with E-state index in [-0.39, 0.29) is 18.2 Å². The van der Waals surface area contributed by atoms with Crippen LogP contribution in [-0.2, 0) is 17.9 Å². The molecule has 0 spiro atoms. The smallest absolute Gasteiger partial charge is 0.255 e. The van der Waals surface area contributed by atoms with E-state index in [9.17, 15) is 9.59 Å². The van der Waals surface area contributed by atoms with E-state index in [0.29, 0.717) is 36.8 Å². The van der Waals surface area contributed by atoms with Gasteiger partial charge in [0, 0.05) is 18.7 Å². The molecular formula is C28H30N2O5. The van der Waals surface area contributed by atoms with Crippen molar-refractivity contribution in [3.05, 3.63) is 89.0 Å². The molecule has 7 nitrogen and oxygen atoms in total. The molecule has 1 heterocycles. The molecule has 0 saturated heterocycles. The number of methoxy groups -OCH3 is 2. The number of amides is 2. The Bertz CT molecular complexity index is 1190. The van der Waals surface area contributed by atoms with Crippen molar-refractivity contribution < 1.29 is 23.8 Å². The number of nitrogens with zero attached hydrogens (tertiary/aromatic N) is 1. The van der Waals surface area contributed by atoms with Gasteiger partial charge in [-0.3, -0.25) is 9.59 Å². The van der Waals surface area contributed by atoms with Crippen molar-refractivity contribution in [3.8, 4) is 17.2 Å². The van der Waals surface area contributed by atoms with Gasteiger partial charge in [0.1, 0.15) is 5.75 Å². The molecule has 0 aromatic heterocycles. The van der Waals surface area contributed by atoms with Crippen LogP contribution < -0.4 is 19.5 Å². The second-order valence-electron chi connectivity index (χ2n) is 8.28. The van der Waals surface area contributed by atoms with Crippen LogP contribution in [0.1, 0.15) is 46.4 Å². The zero-order valence-corrected chi connectivity index (χ0v) is 20.2. The highest BCUT2D eigenvalue weighted by Crippen LogP contribution is 2.37. The van der Waals surface area contributed by atoms with Crippen LogP contribution in [-0.4, -0.2) is 37.5 Å². The van der Waals surface area contributed by atoms with Crippen molar-refractivity contribution in [3.63, 3.8) is 0 Å². The molecule has 0 unspecified atom stereocenters. The first-order valence-corrected chi connectivity index (χ1v) is 11.6. The van der Waals surface area contributed by atoms with E-state index in [0.717, 1.165) is 22.4 Å². The van der Waals surface area contributed by atoms with Gasteiger partial charge in [0.15, 0.2) is 11.5 Å². The van der Waals surface area contributed by atoms with Crippen molar-refractivity contribution >= 4 is 11.8 Å². The molecule has 3 aromatic carbocycles. The van der Waals surface area contributed by atoms with Crippen molar-refractivity contribution in [2.45, 2.75) is 32.5 Å². The van der Waals surface area contributed by atoms with Crippen molar-refractivity contribution in [1.29, 1.82) is 0 Å². The SMILES string of the molecule is CCOc1ccc([C@@H](CC(=O)NCc2ccc(OC)cc2)N2Cc3ccccc3C2=O)cc1OC. The molecule has 0 radical (unpaired) electrons. The highest BCUT2D eigenvalue weighted by Gasteiger charge is 2.34. The number of hydrogen-bond donors (Lipinski definition) is 1. The highest BCUT2D eigenvalue weighted by atomic mass is 16.5. The lowest BCUT2D eigenvalue weighted by atomic mass is 10.0. The number of nitrogens with one attached hydrogen (secondary N) is 1. The Morgan fingerprint density at radius 3 is 2.46 bits per heavy atom. The summed E-state index contributed by atoms with van der Waals surface area (Å²) in [5.41, 5.74) is 3.40. The Morgan fingerprint density at radius 2 is 1.77 bits per heavy atom. The maximum Gasteiger partial charge on any atom is 0.255 e. The second kappa shape index (κ2) is 11.0.